The van der Waals surface area contributed by atoms with Crippen molar-refractivity contribution < 1.29 is 14.4 Å². The lowest BCUT2D eigenvalue weighted by molar-refractivity contribution is -0.138. The van der Waals surface area contributed by atoms with Crippen LogP contribution in [0.2, 0.25) is 0 Å². The molecule has 0 radical (unpaired) electrons. The number of amides is 4. The summed E-state index contributed by atoms with van der Waals surface area (Å²) < 4.78 is 0. The molecule has 0 aliphatic carbocycles. The zero-order chi connectivity index (χ0) is 19.3. The third kappa shape index (κ3) is 5.19. The number of hydrogen-bond donors (Lipinski definition) is 3. The van der Waals surface area contributed by atoms with Crippen LogP contribution in [0.5, 0.6) is 0 Å². The molecule has 0 aromatic heterocycles. The molecule has 2 rings (SSSR count). The second-order valence-corrected chi connectivity index (χ2v) is 6.69. The first-order chi connectivity index (χ1) is 12.3. The Morgan fingerprint density at radius 1 is 1.19 bits per heavy atom. The molecule has 1 atom stereocenters. The van der Waals surface area contributed by atoms with Gasteiger partial charge in [0.1, 0.15) is 6.54 Å². The van der Waals surface area contributed by atoms with Crippen LogP contribution in [0.25, 0.3) is 0 Å². The van der Waals surface area contributed by atoms with E-state index < -0.39 is 12.1 Å². The number of aryl methyl sites for hydroxylation is 2. The van der Waals surface area contributed by atoms with E-state index in [4.69, 9.17) is 11.5 Å². The molecule has 5 N–H and O–H groups in total. The highest BCUT2D eigenvalue weighted by atomic mass is 16.2. The predicted molar refractivity (Wildman–Crippen MR) is 99.6 cm³/mol. The lowest BCUT2D eigenvalue weighted by Gasteiger charge is -2.35. The monoisotopic (exact) mass is 361 g/mol. The fourth-order valence-electron chi connectivity index (χ4n) is 3.13. The molecule has 0 saturated carbocycles. The van der Waals surface area contributed by atoms with Crippen molar-refractivity contribution in [2.75, 3.05) is 31.1 Å². The van der Waals surface area contributed by atoms with Gasteiger partial charge >= 0.3 is 6.03 Å². The van der Waals surface area contributed by atoms with E-state index in [9.17, 15) is 14.4 Å². The maximum atomic E-state index is 12.5. The highest BCUT2D eigenvalue weighted by Crippen LogP contribution is 2.21. The van der Waals surface area contributed by atoms with Gasteiger partial charge in [0.15, 0.2) is 0 Å². The van der Waals surface area contributed by atoms with Gasteiger partial charge in [0.25, 0.3) is 0 Å². The zero-order valence-corrected chi connectivity index (χ0v) is 15.3. The Labute approximate surface area is 153 Å². The van der Waals surface area contributed by atoms with Gasteiger partial charge in [0.2, 0.25) is 11.8 Å². The molecule has 4 amide bonds. The molecule has 1 fully saturated rings. The van der Waals surface area contributed by atoms with Gasteiger partial charge in [-0.05, 0) is 49.9 Å². The van der Waals surface area contributed by atoms with Gasteiger partial charge in [-0.1, -0.05) is 6.07 Å². The van der Waals surface area contributed by atoms with Crippen molar-refractivity contribution in [1.82, 2.24) is 10.2 Å². The van der Waals surface area contributed by atoms with Crippen molar-refractivity contribution in [3.05, 3.63) is 29.3 Å². The number of nitrogens with zero attached hydrogens (tertiary/aromatic N) is 2. The number of nitrogens with one attached hydrogen (secondary N) is 1. The minimum absolute atomic E-state index is 0.0268. The Bertz CT molecular complexity index is 671. The van der Waals surface area contributed by atoms with E-state index in [0.717, 1.165) is 16.8 Å². The molecule has 8 nitrogen and oxygen atoms in total. The summed E-state index contributed by atoms with van der Waals surface area (Å²) in [6.07, 6.45) is 0.969. The second-order valence-electron chi connectivity index (χ2n) is 6.69. The molecule has 1 aromatic carbocycles. The van der Waals surface area contributed by atoms with Crippen molar-refractivity contribution in [3.8, 4) is 0 Å². The maximum absolute atomic E-state index is 12.5. The Morgan fingerprint density at radius 3 is 2.42 bits per heavy atom. The fourth-order valence-corrected chi connectivity index (χ4v) is 3.13. The summed E-state index contributed by atoms with van der Waals surface area (Å²) in [6, 6.07) is 4.71. The number of urea groups is 1. The molecule has 1 aliphatic rings. The summed E-state index contributed by atoms with van der Waals surface area (Å²) in [7, 11) is 0. The first kappa shape index (κ1) is 19.7. The number of piperazine rings is 1. The van der Waals surface area contributed by atoms with E-state index in [0.29, 0.717) is 32.5 Å². The highest BCUT2D eigenvalue weighted by molar-refractivity contribution is 5.98. The molecule has 142 valence electrons. The van der Waals surface area contributed by atoms with Crippen LogP contribution in [0.1, 0.15) is 24.0 Å². The molecule has 26 heavy (non-hydrogen) atoms. The molecule has 0 spiro atoms. The highest BCUT2D eigenvalue weighted by Gasteiger charge is 2.30. The Hall–Kier alpha value is -2.61. The van der Waals surface area contributed by atoms with Crippen molar-refractivity contribution in [2.45, 2.75) is 32.7 Å². The lowest BCUT2D eigenvalue weighted by Crippen LogP contribution is -2.56. The van der Waals surface area contributed by atoms with Crippen molar-refractivity contribution in [2.24, 2.45) is 11.5 Å². The van der Waals surface area contributed by atoms with Gasteiger partial charge in [-0.2, -0.15) is 0 Å². The van der Waals surface area contributed by atoms with E-state index in [2.05, 4.69) is 11.4 Å². The zero-order valence-electron chi connectivity index (χ0n) is 15.3. The number of rotatable bonds is 6. The second kappa shape index (κ2) is 8.66. The first-order valence-corrected chi connectivity index (χ1v) is 8.74. The van der Waals surface area contributed by atoms with Crippen LogP contribution in [0.3, 0.4) is 0 Å². The largest absolute Gasteiger partial charge is 0.352 e. The third-order valence-electron chi connectivity index (χ3n) is 4.36. The van der Waals surface area contributed by atoms with E-state index >= 15 is 0 Å². The van der Waals surface area contributed by atoms with Crippen LogP contribution in [0, 0.1) is 13.8 Å². The Morgan fingerprint density at radius 2 is 1.85 bits per heavy atom. The maximum Gasteiger partial charge on any atom is 0.312 e. The quantitative estimate of drug-likeness (QED) is 0.629. The summed E-state index contributed by atoms with van der Waals surface area (Å²) in [6.45, 7) is 5.28. The number of carbonyl (C=O) groups excluding carboxylic acids is 3. The average Bonchev–Trinajstić information content (AvgIpc) is 2.56. The Balaban J connectivity index is 1.89. The van der Waals surface area contributed by atoms with Crippen LogP contribution >= 0.6 is 0 Å². The molecule has 1 saturated heterocycles. The van der Waals surface area contributed by atoms with E-state index in [1.54, 1.807) is 4.90 Å². The van der Waals surface area contributed by atoms with Crippen molar-refractivity contribution in [3.63, 3.8) is 0 Å². The summed E-state index contributed by atoms with van der Waals surface area (Å²) in [5.41, 5.74) is 14.0. The molecule has 1 aromatic rings. The van der Waals surface area contributed by atoms with Gasteiger partial charge in [0.05, 0.1) is 6.04 Å². The minimum Gasteiger partial charge on any atom is -0.352 e. The van der Waals surface area contributed by atoms with Crippen molar-refractivity contribution in [1.29, 1.82) is 0 Å². The standard InChI is InChI=1S/C18H27N5O3/c1-12-8-13(2)10-14(9-12)23-7-6-22(11-16(23)24)17(25)15(19)4-3-5-21-18(20)26/h8-10,15H,3-7,11,19H2,1-2H3,(H3,20,21,26)/t15-/m0/s1. The number of primary amides is 1. The molecule has 0 bridgehead atoms. The third-order valence-corrected chi connectivity index (χ3v) is 4.36. The number of carbonyl (C=O) groups is 3. The number of anilines is 1. The summed E-state index contributed by atoms with van der Waals surface area (Å²) in [5, 5.41) is 2.46. The predicted octanol–water partition coefficient (Wildman–Crippen LogP) is 0.254. The van der Waals surface area contributed by atoms with Crippen LogP contribution in [-0.4, -0.2) is 55.0 Å². The van der Waals surface area contributed by atoms with Gasteiger partial charge in [-0.25, -0.2) is 4.79 Å². The lowest BCUT2D eigenvalue weighted by atomic mass is 10.1. The van der Waals surface area contributed by atoms with Crippen molar-refractivity contribution >= 4 is 23.5 Å². The van der Waals surface area contributed by atoms with Crippen LogP contribution in [-0.2, 0) is 9.59 Å². The Kier molecular flexibility index (Phi) is 6.57. The fraction of sp³-hybridized carbons (Fsp3) is 0.500. The molecular weight excluding hydrogens is 334 g/mol. The molecule has 0 unspecified atom stereocenters. The molecule has 1 heterocycles. The summed E-state index contributed by atoms with van der Waals surface area (Å²) in [4.78, 5) is 38.8. The van der Waals surface area contributed by atoms with E-state index in [-0.39, 0.29) is 18.4 Å². The average molecular weight is 361 g/mol. The topological polar surface area (TPSA) is 122 Å². The SMILES string of the molecule is Cc1cc(C)cc(N2CCN(C(=O)[C@@H](N)CCCNC(N)=O)CC2=O)c1. The minimum atomic E-state index is -0.690. The van der Waals surface area contributed by atoms with Gasteiger partial charge in [0, 0.05) is 25.3 Å². The summed E-state index contributed by atoms with van der Waals surface area (Å²) >= 11 is 0. The number of hydrogen-bond acceptors (Lipinski definition) is 4. The normalized spacial score (nSPS) is 15.7. The number of nitrogens with two attached hydrogens (primary N) is 2. The van der Waals surface area contributed by atoms with Crippen LogP contribution in [0.15, 0.2) is 18.2 Å². The molecule has 8 heteroatoms. The smallest absolute Gasteiger partial charge is 0.312 e. The van der Waals surface area contributed by atoms with Gasteiger partial charge in [-0.15, -0.1) is 0 Å². The number of benzene rings is 1. The molecular formula is C18H27N5O3. The van der Waals surface area contributed by atoms with E-state index in [1.165, 1.54) is 4.90 Å². The summed E-state index contributed by atoms with van der Waals surface area (Å²) in [5.74, 6) is -0.352. The van der Waals surface area contributed by atoms with Gasteiger partial charge in [-0.3, -0.25) is 9.59 Å². The van der Waals surface area contributed by atoms with E-state index in [1.807, 2.05) is 26.0 Å². The van der Waals surface area contributed by atoms with Crippen LogP contribution in [0.4, 0.5) is 10.5 Å². The first-order valence-electron chi connectivity index (χ1n) is 8.74. The molecule has 1 aliphatic heterocycles. The van der Waals surface area contributed by atoms with Crippen LogP contribution < -0.4 is 21.7 Å². The van der Waals surface area contributed by atoms with Gasteiger partial charge < -0.3 is 26.6 Å².